The molecule has 0 unspecified atom stereocenters. The number of hydrogen-bond acceptors (Lipinski definition) is 5. The van der Waals surface area contributed by atoms with Gasteiger partial charge in [0.2, 0.25) is 0 Å². The van der Waals surface area contributed by atoms with E-state index in [-0.39, 0.29) is 18.0 Å². The third-order valence-electron chi connectivity index (χ3n) is 6.30. The first-order valence-corrected chi connectivity index (χ1v) is 11.3. The van der Waals surface area contributed by atoms with E-state index in [0.717, 1.165) is 61.0 Å². The van der Waals surface area contributed by atoms with Gasteiger partial charge >= 0.3 is 5.63 Å². The molecule has 0 bridgehead atoms. The second kappa shape index (κ2) is 8.39. The predicted molar refractivity (Wildman–Crippen MR) is 122 cm³/mol. The van der Waals surface area contributed by atoms with Gasteiger partial charge in [0.15, 0.2) is 12.4 Å². The van der Waals surface area contributed by atoms with Crippen molar-refractivity contribution in [2.45, 2.75) is 38.5 Å². The molecule has 5 nitrogen and oxygen atoms in total. The van der Waals surface area contributed by atoms with Crippen LogP contribution in [0.1, 0.15) is 47.2 Å². The lowest BCUT2D eigenvalue weighted by molar-refractivity contribution is 0.0921. The number of carbonyl (C=O) groups is 1. The molecular weight excluding hydrogens is 414 g/mol. The number of fused-ring (bicyclic) bond motifs is 3. The Hall–Kier alpha value is -2.79. The number of halogens is 1. The average molecular weight is 438 g/mol. The maximum absolute atomic E-state index is 12.6. The van der Waals surface area contributed by atoms with E-state index >= 15 is 0 Å². The Bertz CT molecular complexity index is 1190. The quantitative estimate of drug-likeness (QED) is 0.406. The zero-order valence-electron chi connectivity index (χ0n) is 17.3. The van der Waals surface area contributed by atoms with Crippen molar-refractivity contribution in [3.8, 4) is 5.75 Å². The van der Waals surface area contributed by atoms with Crippen LogP contribution >= 0.6 is 11.6 Å². The largest absolute Gasteiger partial charge is 0.484 e. The molecule has 1 saturated heterocycles. The summed E-state index contributed by atoms with van der Waals surface area (Å²) < 4.78 is 11.2. The maximum atomic E-state index is 12.6. The van der Waals surface area contributed by atoms with Crippen molar-refractivity contribution in [1.82, 2.24) is 0 Å². The molecule has 0 radical (unpaired) electrons. The summed E-state index contributed by atoms with van der Waals surface area (Å²) in [5, 5.41) is 1.27. The van der Waals surface area contributed by atoms with Crippen LogP contribution < -0.4 is 15.3 Å². The number of Topliss-reactive ketones (excluding diaryl/α,β-unsaturated/α-hetero) is 1. The van der Waals surface area contributed by atoms with Crippen LogP contribution in [0.15, 0.2) is 45.6 Å². The van der Waals surface area contributed by atoms with E-state index in [4.69, 9.17) is 20.8 Å². The number of hydrogen-bond donors (Lipinski definition) is 0. The summed E-state index contributed by atoms with van der Waals surface area (Å²) >= 11 is 6.45. The molecule has 31 heavy (non-hydrogen) atoms. The first-order valence-electron chi connectivity index (χ1n) is 10.9. The van der Waals surface area contributed by atoms with Crippen LogP contribution in [0.25, 0.3) is 11.0 Å². The van der Waals surface area contributed by atoms with Crippen LogP contribution in [0.5, 0.6) is 5.75 Å². The number of nitrogens with zero attached hydrogens (tertiary/aromatic N) is 1. The summed E-state index contributed by atoms with van der Waals surface area (Å²) in [6, 6.07) is 11.1. The van der Waals surface area contributed by atoms with E-state index in [2.05, 4.69) is 4.90 Å². The molecule has 2 aliphatic rings. The lowest BCUT2D eigenvalue weighted by Crippen LogP contribution is -2.18. The van der Waals surface area contributed by atoms with Crippen LogP contribution in [0.4, 0.5) is 5.69 Å². The Balaban J connectivity index is 1.34. The Morgan fingerprint density at radius 2 is 1.71 bits per heavy atom. The average Bonchev–Trinajstić information content (AvgIpc) is 3.33. The minimum atomic E-state index is -0.287. The fourth-order valence-corrected chi connectivity index (χ4v) is 4.83. The number of rotatable bonds is 5. The van der Waals surface area contributed by atoms with Gasteiger partial charge in [0.05, 0.1) is 5.02 Å². The van der Waals surface area contributed by atoms with Crippen molar-refractivity contribution in [3.63, 3.8) is 0 Å². The van der Waals surface area contributed by atoms with Gasteiger partial charge in [-0.1, -0.05) is 11.6 Å². The highest BCUT2D eigenvalue weighted by Crippen LogP contribution is 2.34. The van der Waals surface area contributed by atoms with Gasteiger partial charge in [-0.15, -0.1) is 0 Å². The molecule has 1 aliphatic heterocycles. The first-order chi connectivity index (χ1) is 15.1. The Morgan fingerprint density at radius 3 is 2.45 bits per heavy atom. The molecule has 0 spiro atoms. The van der Waals surface area contributed by atoms with E-state index in [1.54, 1.807) is 12.1 Å². The fourth-order valence-electron chi connectivity index (χ4n) is 4.62. The molecule has 1 aromatic heterocycles. The molecule has 160 valence electrons. The van der Waals surface area contributed by atoms with Crippen molar-refractivity contribution >= 4 is 34.0 Å². The number of ether oxygens (including phenoxy) is 1. The van der Waals surface area contributed by atoms with Crippen molar-refractivity contribution < 1.29 is 13.9 Å². The number of ketones is 1. The second-order valence-electron chi connectivity index (χ2n) is 8.29. The smallest absolute Gasteiger partial charge is 0.339 e. The highest BCUT2D eigenvalue weighted by atomic mass is 35.5. The maximum Gasteiger partial charge on any atom is 0.339 e. The lowest BCUT2D eigenvalue weighted by Gasteiger charge is -2.18. The van der Waals surface area contributed by atoms with Crippen LogP contribution in [-0.2, 0) is 12.8 Å². The van der Waals surface area contributed by atoms with Crippen molar-refractivity contribution in [2.75, 3.05) is 24.6 Å². The Kier molecular flexibility index (Phi) is 5.45. The van der Waals surface area contributed by atoms with Crippen LogP contribution in [-0.4, -0.2) is 25.5 Å². The highest BCUT2D eigenvalue weighted by Gasteiger charge is 2.20. The second-order valence-corrected chi connectivity index (χ2v) is 8.69. The zero-order valence-corrected chi connectivity index (χ0v) is 18.0. The van der Waals surface area contributed by atoms with E-state index < -0.39 is 0 Å². The number of aryl methyl sites for hydroxylation is 1. The van der Waals surface area contributed by atoms with E-state index in [1.807, 2.05) is 24.3 Å². The SMILES string of the molecule is O=C(COc1cc2oc(=O)c3c(c2cc1Cl)CCCC3)c1ccc(N2CCCC2)cc1. The highest BCUT2D eigenvalue weighted by molar-refractivity contribution is 6.32. The van der Waals surface area contributed by atoms with Crippen molar-refractivity contribution in [1.29, 1.82) is 0 Å². The molecule has 0 N–H and O–H groups in total. The van der Waals surface area contributed by atoms with Gasteiger partial charge in [-0.2, -0.15) is 0 Å². The Morgan fingerprint density at radius 1 is 1.00 bits per heavy atom. The molecule has 1 aliphatic carbocycles. The lowest BCUT2D eigenvalue weighted by atomic mass is 9.91. The first kappa shape index (κ1) is 20.1. The molecule has 2 aromatic carbocycles. The normalized spacial score (nSPS) is 15.8. The minimum absolute atomic E-state index is 0.129. The van der Waals surface area contributed by atoms with Crippen LogP contribution in [0.3, 0.4) is 0 Å². The van der Waals surface area contributed by atoms with Crippen LogP contribution in [0, 0.1) is 0 Å². The molecule has 0 atom stereocenters. The molecule has 3 aromatic rings. The molecule has 1 fully saturated rings. The Labute approximate surface area is 185 Å². The molecule has 5 rings (SSSR count). The zero-order chi connectivity index (χ0) is 21.4. The third kappa shape index (κ3) is 3.94. The van der Waals surface area contributed by atoms with Gasteiger partial charge in [0, 0.05) is 41.4 Å². The van der Waals surface area contributed by atoms with Gasteiger partial charge < -0.3 is 14.1 Å². The van der Waals surface area contributed by atoms with Crippen LogP contribution in [0.2, 0.25) is 5.02 Å². The molecule has 0 saturated carbocycles. The molecule has 6 heteroatoms. The van der Waals surface area contributed by atoms with E-state index in [0.29, 0.717) is 21.9 Å². The summed E-state index contributed by atoms with van der Waals surface area (Å²) in [6.07, 6.45) is 6.06. The van der Waals surface area contributed by atoms with Gasteiger partial charge in [-0.3, -0.25) is 4.79 Å². The third-order valence-corrected chi connectivity index (χ3v) is 6.59. The van der Waals surface area contributed by atoms with Gasteiger partial charge in [0.1, 0.15) is 11.3 Å². The number of anilines is 1. The van der Waals surface area contributed by atoms with E-state index in [9.17, 15) is 9.59 Å². The number of benzene rings is 2. The van der Waals surface area contributed by atoms with Gasteiger partial charge in [-0.05, 0) is 74.4 Å². The molecule has 2 heterocycles. The van der Waals surface area contributed by atoms with Gasteiger partial charge in [-0.25, -0.2) is 4.79 Å². The summed E-state index contributed by atoms with van der Waals surface area (Å²) in [6.45, 7) is 2.00. The van der Waals surface area contributed by atoms with Crippen molar-refractivity contribution in [3.05, 3.63) is 68.5 Å². The summed E-state index contributed by atoms with van der Waals surface area (Å²) in [7, 11) is 0. The topological polar surface area (TPSA) is 59.8 Å². The van der Waals surface area contributed by atoms with Gasteiger partial charge in [0.25, 0.3) is 0 Å². The molecule has 0 amide bonds. The summed E-state index contributed by atoms with van der Waals surface area (Å²) in [5.74, 6) is 0.214. The van der Waals surface area contributed by atoms with Crippen molar-refractivity contribution in [2.24, 2.45) is 0 Å². The monoisotopic (exact) mass is 437 g/mol. The minimum Gasteiger partial charge on any atom is -0.484 e. The summed E-state index contributed by atoms with van der Waals surface area (Å²) in [5.41, 5.74) is 3.69. The summed E-state index contributed by atoms with van der Waals surface area (Å²) in [4.78, 5) is 27.3. The molecular formula is C25H24ClNO4. The standard InChI is InChI=1S/C25H24ClNO4/c26-21-13-20-18-5-1-2-6-19(18)25(29)31-23(20)14-24(21)30-15-22(28)16-7-9-17(10-8-16)27-11-3-4-12-27/h7-10,13-14H,1-6,11-12,15H2. The fraction of sp³-hybridized carbons (Fsp3) is 0.360. The number of carbonyl (C=O) groups excluding carboxylic acids is 1. The predicted octanol–water partition coefficient (Wildman–Crippen LogP) is 5.19. The van der Waals surface area contributed by atoms with E-state index in [1.165, 1.54) is 12.8 Å².